The van der Waals surface area contributed by atoms with Crippen LogP contribution in [0.5, 0.6) is 0 Å². The Hall–Kier alpha value is -2.70. The number of para-hydroxylation sites is 2. The third-order valence-corrected chi connectivity index (χ3v) is 3.15. The van der Waals surface area contributed by atoms with Crippen LogP contribution in [0.25, 0.3) is 0 Å². The number of anilines is 2. The Morgan fingerprint density at radius 2 is 2.20 bits per heavy atom. The molecule has 1 aliphatic rings. The highest BCUT2D eigenvalue weighted by atomic mass is 16.2. The highest BCUT2D eigenvalue weighted by Crippen LogP contribution is 2.29. The molecule has 0 radical (unpaired) electrons. The van der Waals surface area contributed by atoms with Gasteiger partial charge in [-0.25, -0.2) is 4.98 Å². The normalized spacial score (nSPS) is 14.6. The van der Waals surface area contributed by atoms with Crippen molar-refractivity contribution in [3.8, 4) is 0 Å². The van der Waals surface area contributed by atoms with Crippen molar-refractivity contribution in [2.75, 3.05) is 16.8 Å². The van der Waals surface area contributed by atoms with Crippen LogP contribution in [0.2, 0.25) is 0 Å². The number of H-pyrrole nitrogens is 1. The summed E-state index contributed by atoms with van der Waals surface area (Å²) in [6, 6.07) is 7.22. The molecule has 0 saturated carbocycles. The van der Waals surface area contributed by atoms with Gasteiger partial charge in [0.2, 0.25) is 11.7 Å². The molecule has 3 rings (SSSR count). The molecule has 1 fully saturated rings. The number of rotatable bonds is 3. The molecule has 0 aliphatic carbocycles. The molecule has 1 aliphatic heterocycles. The van der Waals surface area contributed by atoms with Crippen LogP contribution in [-0.4, -0.2) is 33.5 Å². The molecule has 0 bridgehead atoms. The Morgan fingerprint density at radius 1 is 1.35 bits per heavy atom. The maximum atomic E-state index is 12.0. The minimum atomic E-state index is -0.387. The van der Waals surface area contributed by atoms with Crippen molar-refractivity contribution in [3.05, 3.63) is 36.4 Å². The van der Waals surface area contributed by atoms with Crippen molar-refractivity contribution in [1.29, 1.82) is 0 Å². The van der Waals surface area contributed by atoms with Gasteiger partial charge in [-0.15, -0.1) is 0 Å². The van der Waals surface area contributed by atoms with Crippen LogP contribution in [0, 0.1) is 0 Å². The van der Waals surface area contributed by atoms with Crippen LogP contribution in [0.4, 0.5) is 11.4 Å². The zero-order valence-electron chi connectivity index (χ0n) is 10.7. The van der Waals surface area contributed by atoms with Crippen molar-refractivity contribution in [2.24, 2.45) is 0 Å². The van der Waals surface area contributed by atoms with E-state index in [1.165, 1.54) is 6.33 Å². The Labute approximate surface area is 115 Å². The number of hydrogen-bond acceptors (Lipinski definition) is 4. The average molecular weight is 271 g/mol. The van der Waals surface area contributed by atoms with Crippen molar-refractivity contribution >= 4 is 23.2 Å². The standard InChI is InChI=1S/C13H13N5O2/c19-11-6-3-7-18(11)10-5-2-1-4-9(10)16-13(20)12-14-8-15-17-12/h1-2,4-5,8H,3,6-7H2,(H,16,20)(H,14,15,17). The topological polar surface area (TPSA) is 91.0 Å². The SMILES string of the molecule is O=C(Nc1ccccc1N1CCCC1=O)c1ncn[nH]1. The van der Waals surface area contributed by atoms with E-state index in [0.29, 0.717) is 24.3 Å². The lowest BCUT2D eigenvalue weighted by atomic mass is 10.2. The van der Waals surface area contributed by atoms with Gasteiger partial charge in [-0.05, 0) is 18.6 Å². The van der Waals surface area contributed by atoms with E-state index in [1.807, 2.05) is 12.1 Å². The number of nitrogens with zero attached hydrogens (tertiary/aromatic N) is 3. The van der Waals surface area contributed by atoms with Crippen molar-refractivity contribution in [3.63, 3.8) is 0 Å². The Balaban J connectivity index is 1.86. The largest absolute Gasteiger partial charge is 0.317 e. The van der Waals surface area contributed by atoms with Crippen LogP contribution in [0.15, 0.2) is 30.6 Å². The number of carbonyl (C=O) groups is 2. The van der Waals surface area contributed by atoms with Crippen molar-refractivity contribution in [1.82, 2.24) is 15.2 Å². The van der Waals surface area contributed by atoms with E-state index < -0.39 is 0 Å². The van der Waals surface area contributed by atoms with Gasteiger partial charge < -0.3 is 10.2 Å². The molecule has 2 aromatic rings. The average Bonchev–Trinajstić information content (AvgIpc) is 3.10. The van der Waals surface area contributed by atoms with Crippen molar-refractivity contribution in [2.45, 2.75) is 12.8 Å². The summed E-state index contributed by atoms with van der Waals surface area (Å²) >= 11 is 0. The smallest absolute Gasteiger partial charge is 0.293 e. The summed E-state index contributed by atoms with van der Waals surface area (Å²) in [5.74, 6) is -0.180. The predicted molar refractivity (Wildman–Crippen MR) is 72.4 cm³/mol. The molecule has 0 unspecified atom stereocenters. The van der Waals surface area contributed by atoms with Gasteiger partial charge in [-0.3, -0.25) is 14.7 Å². The summed E-state index contributed by atoms with van der Waals surface area (Å²) in [5.41, 5.74) is 1.30. The zero-order chi connectivity index (χ0) is 13.9. The summed E-state index contributed by atoms with van der Waals surface area (Å²) < 4.78 is 0. The molecule has 1 aromatic carbocycles. The predicted octanol–water partition coefficient (Wildman–Crippen LogP) is 1.18. The summed E-state index contributed by atoms with van der Waals surface area (Å²) in [6.45, 7) is 0.675. The summed E-state index contributed by atoms with van der Waals surface area (Å²) in [4.78, 5) is 29.3. The number of hydrogen-bond donors (Lipinski definition) is 2. The van der Waals surface area contributed by atoms with Crippen molar-refractivity contribution < 1.29 is 9.59 Å². The molecule has 1 aromatic heterocycles. The number of nitrogens with one attached hydrogen (secondary N) is 2. The molecule has 20 heavy (non-hydrogen) atoms. The van der Waals surface area contributed by atoms with Crippen LogP contribution in [-0.2, 0) is 4.79 Å². The molecule has 1 saturated heterocycles. The van der Waals surface area contributed by atoms with Crippen LogP contribution in [0.1, 0.15) is 23.5 Å². The zero-order valence-corrected chi connectivity index (χ0v) is 10.7. The summed E-state index contributed by atoms with van der Waals surface area (Å²) in [6.07, 6.45) is 2.65. The molecule has 102 valence electrons. The first-order chi connectivity index (χ1) is 9.75. The Morgan fingerprint density at radius 3 is 2.90 bits per heavy atom. The fourth-order valence-electron chi connectivity index (χ4n) is 2.21. The maximum Gasteiger partial charge on any atom is 0.293 e. The number of carbonyl (C=O) groups excluding carboxylic acids is 2. The molecular formula is C13H13N5O2. The van der Waals surface area contributed by atoms with E-state index in [0.717, 1.165) is 6.42 Å². The van der Waals surface area contributed by atoms with Crippen LogP contribution < -0.4 is 10.2 Å². The summed E-state index contributed by atoms with van der Waals surface area (Å²) in [7, 11) is 0. The Kier molecular flexibility index (Phi) is 3.16. The number of amides is 2. The Bertz CT molecular complexity index is 638. The van der Waals surface area contributed by atoms with Crippen LogP contribution in [0.3, 0.4) is 0 Å². The molecule has 2 heterocycles. The van der Waals surface area contributed by atoms with E-state index in [9.17, 15) is 9.59 Å². The van der Waals surface area contributed by atoms with Gasteiger partial charge in [-0.1, -0.05) is 12.1 Å². The third kappa shape index (κ3) is 2.25. The molecule has 0 spiro atoms. The number of benzene rings is 1. The first-order valence-electron chi connectivity index (χ1n) is 6.32. The van der Waals surface area contributed by atoms with E-state index in [4.69, 9.17) is 0 Å². The van der Waals surface area contributed by atoms with E-state index in [2.05, 4.69) is 20.5 Å². The first-order valence-corrected chi connectivity index (χ1v) is 6.32. The quantitative estimate of drug-likeness (QED) is 0.877. The van der Waals surface area contributed by atoms with Gasteiger partial charge in [-0.2, -0.15) is 5.10 Å². The van der Waals surface area contributed by atoms with E-state index >= 15 is 0 Å². The van der Waals surface area contributed by atoms with E-state index in [1.54, 1.807) is 17.0 Å². The highest BCUT2D eigenvalue weighted by Gasteiger charge is 2.24. The minimum absolute atomic E-state index is 0.0753. The second kappa shape index (κ2) is 5.12. The first kappa shape index (κ1) is 12.3. The lowest BCUT2D eigenvalue weighted by molar-refractivity contribution is -0.117. The fourth-order valence-corrected chi connectivity index (χ4v) is 2.21. The summed E-state index contributed by atoms with van der Waals surface area (Å²) in [5, 5.41) is 8.88. The van der Waals surface area contributed by atoms with Gasteiger partial charge in [0.1, 0.15) is 6.33 Å². The number of aromatic nitrogens is 3. The highest BCUT2D eigenvalue weighted by molar-refractivity contribution is 6.06. The van der Waals surface area contributed by atoms with Gasteiger partial charge >= 0.3 is 0 Å². The second-order valence-electron chi connectivity index (χ2n) is 4.45. The molecule has 7 nitrogen and oxygen atoms in total. The minimum Gasteiger partial charge on any atom is -0.317 e. The molecular weight excluding hydrogens is 258 g/mol. The second-order valence-corrected chi connectivity index (χ2v) is 4.45. The lowest BCUT2D eigenvalue weighted by Crippen LogP contribution is -2.25. The van der Waals surface area contributed by atoms with Gasteiger partial charge in [0.05, 0.1) is 11.4 Å². The number of aromatic amines is 1. The monoisotopic (exact) mass is 271 g/mol. The fraction of sp³-hybridized carbons (Fsp3) is 0.231. The van der Waals surface area contributed by atoms with Gasteiger partial charge in [0, 0.05) is 13.0 Å². The van der Waals surface area contributed by atoms with E-state index in [-0.39, 0.29) is 17.6 Å². The van der Waals surface area contributed by atoms with Crippen LogP contribution >= 0.6 is 0 Å². The maximum absolute atomic E-state index is 12.0. The molecule has 2 amide bonds. The molecule has 0 atom stereocenters. The van der Waals surface area contributed by atoms with Gasteiger partial charge in [0.15, 0.2) is 0 Å². The lowest BCUT2D eigenvalue weighted by Gasteiger charge is -2.19. The molecule has 2 N–H and O–H groups in total. The van der Waals surface area contributed by atoms with Gasteiger partial charge in [0.25, 0.3) is 5.91 Å². The third-order valence-electron chi connectivity index (χ3n) is 3.15. The molecule has 7 heteroatoms.